The van der Waals surface area contributed by atoms with E-state index in [4.69, 9.17) is 14.2 Å². The molecule has 2 heterocycles. The number of halogens is 1. The Bertz CT molecular complexity index is 1060. The van der Waals surface area contributed by atoms with E-state index in [2.05, 4.69) is 5.10 Å². The van der Waals surface area contributed by atoms with Gasteiger partial charge in [-0.05, 0) is 61.9 Å². The van der Waals surface area contributed by atoms with Gasteiger partial charge in [0.25, 0.3) is 0 Å². The third-order valence-electron chi connectivity index (χ3n) is 5.44. The van der Waals surface area contributed by atoms with Crippen LogP contribution in [0, 0.1) is 12.7 Å². The highest BCUT2D eigenvalue weighted by Gasteiger charge is 2.22. The van der Waals surface area contributed by atoms with Crippen molar-refractivity contribution in [3.8, 4) is 23.1 Å². The zero-order valence-corrected chi connectivity index (χ0v) is 18.2. The minimum absolute atomic E-state index is 0.0811. The molecule has 32 heavy (non-hydrogen) atoms. The molecular weight excluding hydrogens is 413 g/mol. The van der Waals surface area contributed by atoms with Crippen molar-refractivity contribution in [2.45, 2.75) is 19.8 Å². The van der Waals surface area contributed by atoms with Crippen molar-refractivity contribution in [2.24, 2.45) is 0 Å². The number of ether oxygens (including phenoxy) is 3. The molecule has 0 saturated carbocycles. The Morgan fingerprint density at radius 2 is 1.72 bits per heavy atom. The minimum atomic E-state index is -0.327. The van der Waals surface area contributed by atoms with Gasteiger partial charge in [-0.3, -0.25) is 4.79 Å². The number of methoxy groups -OCH3 is 1. The SMILES string of the molecule is COc1ccc(Oc2c(CCC(=O)N3CCOCC3)c(C)nn2-c2ccc(F)cc2)cc1. The lowest BCUT2D eigenvalue weighted by atomic mass is 10.1. The number of benzene rings is 2. The average Bonchev–Trinajstić information content (AvgIpc) is 3.13. The van der Waals surface area contributed by atoms with Crippen molar-refractivity contribution in [1.82, 2.24) is 14.7 Å². The Hall–Kier alpha value is -3.39. The molecule has 0 bridgehead atoms. The van der Waals surface area contributed by atoms with Gasteiger partial charge in [0.15, 0.2) is 0 Å². The molecule has 1 fully saturated rings. The first-order valence-corrected chi connectivity index (χ1v) is 10.6. The smallest absolute Gasteiger partial charge is 0.226 e. The number of morpholine rings is 1. The first-order chi connectivity index (χ1) is 15.5. The van der Waals surface area contributed by atoms with Crippen molar-refractivity contribution >= 4 is 5.91 Å². The van der Waals surface area contributed by atoms with Gasteiger partial charge in [0.1, 0.15) is 17.3 Å². The van der Waals surface area contributed by atoms with Crippen molar-refractivity contribution in [2.75, 3.05) is 33.4 Å². The number of amides is 1. The molecule has 3 aromatic rings. The summed E-state index contributed by atoms with van der Waals surface area (Å²) in [5.41, 5.74) is 2.27. The summed E-state index contributed by atoms with van der Waals surface area (Å²) in [7, 11) is 1.60. The Morgan fingerprint density at radius 1 is 1.06 bits per heavy atom. The number of hydrogen-bond donors (Lipinski definition) is 0. The quantitative estimate of drug-likeness (QED) is 0.559. The van der Waals surface area contributed by atoms with Crippen LogP contribution in [0.5, 0.6) is 17.4 Å². The van der Waals surface area contributed by atoms with Crippen LogP contribution in [0.1, 0.15) is 17.7 Å². The minimum Gasteiger partial charge on any atom is -0.497 e. The van der Waals surface area contributed by atoms with Gasteiger partial charge in [-0.1, -0.05) is 0 Å². The maximum absolute atomic E-state index is 13.5. The summed E-state index contributed by atoms with van der Waals surface area (Å²) in [6.45, 7) is 4.25. The van der Waals surface area contributed by atoms with Gasteiger partial charge < -0.3 is 19.1 Å². The predicted molar refractivity (Wildman–Crippen MR) is 117 cm³/mol. The molecule has 7 nitrogen and oxygen atoms in total. The molecule has 1 aromatic heterocycles. The van der Waals surface area contributed by atoms with E-state index in [1.165, 1.54) is 12.1 Å². The first-order valence-electron chi connectivity index (χ1n) is 10.6. The summed E-state index contributed by atoms with van der Waals surface area (Å²) in [5.74, 6) is 1.59. The molecule has 0 N–H and O–H groups in total. The lowest BCUT2D eigenvalue weighted by Crippen LogP contribution is -2.40. The van der Waals surface area contributed by atoms with Gasteiger partial charge in [0, 0.05) is 25.1 Å². The van der Waals surface area contributed by atoms with Gasteiger partial charge in [-0.25, -0.2) is 9.07 Å². The number of hydrogen-bond acceptors (Lipinski definition) is 5. The molecule has 1 aliphatic heterocycles. The van der Waals surface area contributed by atoms with Crippen LogP contribution in [0.2, 0.25) is 0 Å². The van der Waals surface area contributed by atoms with Gasteiger partial charge in [-0.15, -0.1) is 0 Å². The molecule has 1 amide bonds. The number of nitrogens with zero attached hydrogens (tertiary/aromatic N) is 3. The van der Waals surface area contributed by atoms with Crippen molar-refractivity contribution < 1.29 is 23.4 Å². The standard InChI is InChI=1S/C24H26FN3O4/c1-17-22(11-12-23(29)27-13-15-31-16-14-27)24(32-21-9-7-20(30-2)8-10-21)28(26-17)19-5-3-18(25)4-6-19/h3-10H,11-16H2,1-2H3. The monoisotopic (exact) mass is 439 g/mol. The van der Waals surface area contributed by atoms with Crippen molar-refractivity contribution in [3.63, 3.8) is 0 Å². The first kappa shape index (κ1) is 21.8. The van der Waals surface area contributed by atoms with Crippen molar-refractivity contribution in [3.05, 3.63) is 65.6 Å². The Kier molecular flexibility index (Phi) is 6.70. The Labute approximate surface area is 186 Å². The molecule has 0 radical (unpaired) electrons. The normalized spacial score (nSPS) is 13.8. The van der Waals surface area contributed by atoms with Gasteiger partial charge in [-0.2, -0.15) is 5.10 Å². The highest BCUT2D eigenvalue weighted by molar-refractivity contribution is 5.76. The average molecular weight is 439 g/mol. The van der Waals surface area contributed by atoms with Crippen LogP contribution < -0.4 is 9.47 Å². The molecule has 8 heteroatoms. The third kappa shape index (κ3) is 4.91. The van der Waals surface area contributed by atoms with Gasteiger partial charge in [0.2, 0.25) is 11.8 Å². The molecule has 1 saturated heterocycles. The van der Waals surface area contributed by atoms with Crippen LogP contribution in [0.15, 0.2) is 48.5 Å². The Balaban J connectivity index is 1.63. The van der Waals surface area contributed by atoms with Crippen LogP contribution in [0.4, 0.5) is 4.39 Å². The summed E-state index contributed by atoms with van der Waals surface area (Å²) in [6.07, 6.45) is 0.823. The second-order valence-corrected chi connectivity index (χ2v) is 7.53. The molecule has 0 atom stereocenters. The molecule has 4 rings (SSSR count). The second kappa shape index (κ2) is 9.82. The van der Waals surface area contributed by atoms with Crippen molar-refractivity contribution in [1.29, 1.82) is 0 Å². The fourth-order valence-corrected chi connectivity index (χ4v) is 3.65. The zero-order chi connectivity index (χ0) is 22.5. The van der Waals surface area contributed by atoms with Gasteiger partial charge in [0.05, 0.1) is 31.7 Å². The third-order valence-corrected chi connectivity index (χ3v) is 5.44. The summed E-state index contributed by atoms with van der Waals surface area (Å²) < 4.78 is 31.9. The summed E-state index contributed by atoms with van der Waals surface area (Å²) >= 11 is 0. The maximum Gasteiger partial charge on any atom is 0.226 e. The highest BCUT2D eigenvalue weighted by Crippen LogP contribution is 2.32. The molecule has 1 aliphatic rings. The van der Waals surface area contributed by atoms with Crippen LogP contribution in [0.3, 0.4) is 0 Å². The number of aromatic nitrogens is 2. The van der Waals surface area contributed by atoms with Crippen LogP contribution in [-0.2, 0) is 16.0 Å². The molecule has 0 unspecified atom stereocenters. The fraction of sp³-hybridized carbons (Fsp3) is 0.333. The lowest BCUT2D eigenvalue weighted by Gasteiger charge is -2.26. The highest BCUT2D eigenvalue weighted by atomic mass is 19.1. The van der Waals surface area contributed by atoms with E-state index in [1.54, 1.807) is 36.1 Å². The molecule has 2 aromatic carbocycles. The number of aryl methyl sites for hydroxylation is 1. The summed E-state index contributed by atoms with van der Waals surface area (Å²) in [4.78, 5) is 14.5. The van der Waals surface area contributed by atoms with E-state index in [1.807, 2.05) is 24.0 Å². The van der Waals surface area contributed by atoms with E-state index in [0.29, 0.717) is 56.5 Å². The second-order valence-electron chi connectivity index (χ2n) is 7.53. The lowest BCUT2D eigenvalue weighted by molar-refractivity contribution is -0.135. The van der Waals surface area contributed by atoms with Crippen LogP contribution >= 0.6 is 0 Å². The van der Waals surface area contributed by atoms with Crippen LogP contribution in [-0.4, -0.2) is 54.0 Å². The number of carbonyl (C=O) groups excluding carboxylic acids is 1. The zero-order valence-electron chi connectivity index (χ0n) is 18.2. The largest absolute Gasteiger partial charge is 0.497 e. The van der Waals surface area contributed by atoms with E-state index >= 15 is 0 Å². The fourth-order valence-electron chi connectivity index (χ4n) is 3.65. The number of carbonyl (C=O) groups is 1. The summed E-state index contributed by atoms with van der Waals surface area (Å²) in [6, 6.07) is 13.3. The van der Waals surface area contributed by atoms with E-state index in [-0.39, 0.29) is 11.7 Å². The van der Waals surface area contributed by atoms with E-state index in [0.717, 1.165) is 17.0 Å². The molecule has 0 spiro atoms. The topological polar surface area (TPSA) is 65.8 Å². The Morgan fingerprint density at radius 3 is 2.38 bits per heavy atom. The van der Waals surface area contributed by atoms with E-state index < -0.39 is 0 Å². The maximum atomic E-state index is 13.5. The molecule has 0 aliphatic carbocycles. The molecular formula is C24H26FN3O4. The number of rotatable bonds is 7. The summed E-state index contributed by atoms with van der Waals surface area (Å²) in [5, 5.41) is 4.63. The van der Waals surface area contributed by atoms with E-state index in [9.17, 15) is 9.18 Å². The van der Waals surface area contributed by atoms with Crippen LogP contribution in [0.25, 0.3) is 5.69 Å². The van der Waals surface area contributed by atoms with Gasteiger partial charge >= 0.3 is 0 Å². The molecule has 168 valence electrons. The predicted octanol–water partition coefficient (Wildman–Crippen LogP) is 3.91.